The van der Waals surface area contributed by atoms with E-state index in [2.05, 4.69) is 10.3 Å². The van der Waals surface area contributed by atoms with Crippen LogP contribution in [0.25, 0.3) is 10.2 Å². The van der Waals surface area contributed by atoms with Gasteiger partial charge in [0.25, 0.3) is 0 Å². The number of fused-ring (bicyclic) bond motifs is 1. The highest BCUT2D eigenvalue weighted by atomic mass is 32.1. The second-order valence-corrected chi connectivity index (χ2v) is 7.28. The Morgan fingerprint density at radius 2 is 2.29 bits per heavy atom. The van der Waals surface area contributed by atoms with Gasteiger partial charge in [-0.2, -0.15) is 0 Å². The van der Waals surface area contributed by atoms with Gasteiger partial charge in [0.2, 0.25) is 11.8 Å². The van der Waals surface area contributed by atoms with Gasteiger partial charge in [0.15, 0.2) is 5.13 Å². The van der Waals surface area contributed by atoms with Crippen LogP contribution in [0.3, 0.4) is 0 Å². The van der Waals surface area contributed by atoms with E-state index in [-0.39, 0.29) is 17.7 Å². The summed E-state index contributed by atoms with van der Waals surface area (Å²) < 4.78 is 6.46. The van der Waals surface area contributed by atoms with Crippen molar-refractivity contribution >= 4 is 38.5 Å². The lowest BCUT2D eigenvalue weighted by atomic mass is 10.1. The smallest absolute Gasteiger partial charge is 0.231 e. The van der Waals surface area contributed by atoms with E-state index < -0.39 is 0 Å². The van der Waals surface area contributed by atoms with E-state index in [4.69, 9.17) is 4.74 Å². The minimum atomic E-state index is -0.274. The SMILES string of the molecule is CCOc1ccc2nc(NC(=O)[C@H]3CC(=O)N(C4CC4)C3)sc2c1. The Hall–Kier alpha value is -2.15. The molecule has 0 bridgehead atoms. The molecule has 1 aliphatic carbocycles. The Bertz CT molecular complexity index is 799. The molecular weight excluding hydrogens is 326 g/mol. The summed E-state index contributed by atoms with van der Waals surface area (Å²) in [5.74, 6) is 0.510. The van der Waals surface area contributed by atoms with E-state index in [0.29, 0.717) is 30.7 Å². The van der Waals surface area contributed by atoms with Gasteiger partial charge in [-0.05, 0) is 38.0 Å². The van der Waals surface area contributed by atoms with Gasteiger partial charge in [-0.1, -0.05) is 11.3 Å². The largest absolute Gasteiger partial charge is 0.494 e. The summed E-state index contributed by atoms with van der Waals surface area (Å²) in [5, 5.41) is 3.44. The molecule has 2 fully saturated rings. The van der Waals surface area contributed by atoms with E-state index in [1.807, 2.05) is 30.0 Å². The molecule has 0 radical (unpaired) electrons. The zero-order valence-corrected chi connectivity index (χ0v) is 14.3. The number of hydrogen-bond acceptors (Lipinski definition) is 5. The molecule has 0 spiro atoms. The van der Waals surface area contributed by atoms with Gasteiger partial charge >= 0.3 is 0 Å². The molecule has 6 nitrogen and oxygen atoms in total. The molecule has 1 aliphatic heterocycles. The number of carbonyl (C=O) groups excluding carboxylic acids is 2. The second-order valence-electron chi connectivity index (χ2n) is 6.25. The highest BCUT2D eigenvalue weighted by Crippen LogP contribution is 2.34. The Morgan fingerprint density at radius 3 is 3.04 bits per heavy atom. The van der Waals surface area contributed by atoms with Crippen LogP contribution in [0.15, 0.2) is 18.2 Å². The molecule has 24 heavy (non-hydrogen) atoms. The molecular formula is C17H19N3O3S. The number of rotatable bonds is 5. The van der Waals surface area contributed by atoms with Crippen LogP contribution in [0, 0.1) is 5.92 Å². The number of anilines is 1. The van der Waals surface area contributed by atoms with Gasteiger partial charge in [-0.3, -0.25) is 9.59 Å². The van der Waals surface area contributed by atoms with Crippen LogP contribution in [0.5, 0.6) is 5.75 Å². The highest BCUT2D eigenvalue weighted by molar-refractivity contribution is 7.22. The van der Waals surface area contributed by atoms with Crippen LogP contribution in [-0.2, 0) is 9.59 Å². The fourth-order valence-electron chi connectivity index (χ4n) is 3.07. The Kier molecular flexibility index (Phi) is 3.88. The summed E-state index contributed by atoms with van der Waals surface area (Å²) in [4.78, 5) is 30.7. The highest BCUT2D eigenvalue weighted by Gasteiger charge is 2.41. The average Bonchev–Trinajstić information content (AvgIpc) is 3.20. The lowest BCUT2D eigenvalue weighted by molar-refractivity contribution is -0.128. The molecule has 1 aromatic carbocycles. The number of benzene rings is 1. The van der Waals surface area contributed by atoms with Crippen LogP contribution in [0.2, 0.25) is 0 Å². The molecule has 126 valence electrons. The number of nitrogens with one attached hydrogen (secondary N) is 1. The van der Waals surface area contributed by atoms with E-state index >= 15 is 0 Å². The fourth-order valence-corrected chi connectivity index (χ4v) is 3.97. The molecule has 1 N–H and O–H groups in total. The first-order valence-electron chi connectivity index (χ1n) is 8.27. The maximum absolute atomic E-state index is 12.4. The summed E-state index contributed by atoms with van der Waals surface area (Å²) in [6, 6.07) is 6.07. The van der Waals surface area contributed by atoms with Crippen molar-refractivity contribution in [2.45, 2.75) is 32.2 Å². The predicted molar refractivity (Wildman–Crippen MR) is 92.3 cm³/mol. The zero-order chi connectivity index (χ0) is 16.7. The van der Waals surface area contributed by atoms with Crippen LogP contribution in [0.4, 0.5) is 5.13 Å². The van der Waals surface area contributed by atoms with Gasteiger partial charge in [0.05, 0.1) is 22.7 Å². The van der Waals surface area contributed by atoms with E-state index in [9.17, 15) is 9.59 Å². The predicted octanol–water partition coefficient (Wildman–Crippen LogP) is 2.64. The molecule has 2 heterocycles. The van der Waals surface area contributed by atoms with Crippen LogP contribution < -0.4 is 10.1 Å². The second kappa shape index (κ2) is 6.05. The first kappa shape index (κ1) is 15.4. The molecule has 7 heteroatoms. The molecule has 1 aromatic heterocycles. The first-order valence-corrected chi connectivity index (χ1v) is 9.09. The summed E-state index contributed by atoms with van der Waals surface area (Å²) in [7, 11) is 0. The Labute approximate surface area is 143 Å². The molecule has 0 unspecified atom stereocenters. The average molecular weight is 345 g/mol. The summed E-state index contributed by atoms with van der Waals surface area (Å²) in [6.07, 6.45) is 2.45. The molecule has 2 aromatic rings. The number of hydrogen-bond donors (Lipinski definition) is 1. The summed E-state index contributed by atoms with van der Waals surface area (Å²) in [6.45, 7) is 3.09. The number of amides is 2. The van der Waals surface area contributed by atoms with Crippen molar-refractivity contribution in [3.63, 3.8) is 0 Å². The van der Waals surface area contributed by atoms with Crippen molar-refractivity contribution in [1.29, 1.82) is 0 Å². The van der Waals surface area contributed by atoms with Gasteiger partial charge in [0, 0.05) is 19.0 Å². The van der Waals surface area contributed by atoms with Crippen molar-refractivity contribution in [3.05, 3.63) is 18.2 Å². The van der Waals surface area contributed by atoms with Crippen molar-refractivity contribution < 1.29 is 14.3 Å². The number of aromatic nitrogens is 1. The number of ether oxygens (including phenoxy) is 1. The molecule has 2 aliphatic rings. The third-order valence-corrected chi connectivity index (χ3v) is 5.35. The number of carbonyl (C=O) groups is 2. The normalized spacial score (nSPS) is 20.6. The van der Waals surface area contributed by atoms with Gasteiger partial charge in [-0.15, -0.1) is 0 Å². The molecule has 2 amide bonds. The van der Waals surface area contributed by atoms with Crippen molar-refractivity contribution in [1.82, 2.24) is 9.88 Å². The van der Waals surface area contributed by atoms with Crippen molar-refractivity contribution in [2.24, 2.45) is 5.92 Å². The lowest BCUT2D eigenvalue weighted by Gasteiger charge is -2.14. The molecule has 1 atom stereocenters. The van der Waals surface area contributed by atoms with Gasteiger partial charge < -0.3 is 15.0 Å². The Morgan fingerprint density at radius 1 is 1.46 bits per heavy atom. The topological polar surface area (TPSA) is 71.5 Å². The van der Waals surface area contributed by atoms with E-state index in [1.54, 1.807) is 0 Å². The molecule has 1 saturated carbocycles. The third kappa shape index (κ3) is 2.96. The number of likely N-dealkylation sites (tertiary alicyclic amines) is 1. The zero-order valence-electron chi connectivity index (χ0n) is 13.4. The molecule has 1 saturated heterocycles. The fraction of sp³-hybridized carbons (Fsp3) is 0.471. The van der Waals surface area contributed by atoms with Crippen molar-refractivity contribution in [3.8, 4) is 5.75 Å². The van der Waals surface area contributed by atoms with E-state index in [0.717, 1.165) is 28.8 Å². The minimum Gasteiger partial charge on any atom is -0.494 e. The van der Waals surface area contributed by atoms with Crippen LogP contribution in [0.1, 0.15) is 26.2 Å². The van der Waals surface area contributed by atoms with Gasteiger partial charge in [0.1, 0.15) is 5.75 Å². The third-order valence-electron chi connectivity index (χ3n) is 4.42. The minimum absolute atomic E-state index is 0.100. The number of thiazole rings is 1. The quantitative estimate of drug-likeness (QED) is 0.904. The maximum Gasteiger partial charge on any atom is 0.231 e. The van der Waals surface area contributed by atoms with Crippen LogP contribution >= 0.6 is 11.3 Å². The monoisotopic (exact) mass is 345 g/mol. The van der Waals surface area contributed by atoms with Crippen molar-refractivity contribution in [2.75, 3.05) is 18.5 Å². The summed E-state index contributed by atoms with van der Waals surface area (Å²) >= 11 is 1.42. The van der Waals surface area contributed by atoms with E-state index in [1.165, 1.54) is 11.3 Å². The first-order chi connectivity index (χ1) is 11.6. The van der Waals surface area contributed by atoms with Gasteiger partial charge in [-0.25, -0.2) is 4.98 Å². The molecule has 4 rings (SSSR count). The maximum atomic E-state index is 12.4. The Balaban J connectivity index is 1.45. The standard InChI is InChI=1S/C17H19N3O3S/c1-2-23-12-5-6-13-14(8-12)24-17(18-13)19-16(22)10-7-15(21)20(9-10)11-3-4-11/h5-6,8,10-11H,2-4,7,9H2,1H3,(H,18,19,22)/t10-/m0/s1. The lowest BCUT2D eigenvalue weighted by Crippen LogP contribution is -2.29. The van der Waals surface area contributed by atoms with Crippen LogP contribution in [-0.4, -0.2) is 40.9 Å². The summed E-state index contributed by atoms with van der Waals surface area (Å²) in [5.41, 5.74) is 0.834. The number of nitrogens with zero attached hydrogens (tertiary/aromatic N) is 2.